The van der Waals surface area contributed by atoms with Gasteiger partial charge in [-0.2, -0.15) is 0 Å². The number of carbonyl (C=O) groups is 6. The summed E-state index contributed by atoms with van der Waals surface area (Å²) >= 11 is 0. The second-order valence-corrected chi connectivity index (χ2v) is 35.3. The van der Waals surface area contributed by atoms with E-state index in [2.05, 4.69) is 29.8 Å². The molecule has 0 spiro atoms. The topological polar surface area (TPSA) is 674 Å². The highest BCUT2D eigenvalue weighted by Gasteiger charge is 2.64. The summed E-state index contributed by atoms with van der Waals surface area (Å²) in [6.45, 7) is -0.777. The molecule has 6 rings (SSSR count). The smallest absolute Gasteiger partial charge is 0.364 e. The number of unbranched alkanes of at least 4 members (excludes halogenated alkanes) is 27. The summed E-state index contributed by atoms with van der Waals surface area (Å²) in [6, 6.07) is -5.10. The molecule has 0 radical (unpaired) electrons. The van der Waals surface area contributed by atoms with Crippen LogP contribution in [-0.2, 0) is 85.6 Å². The number of rotatable bonds is 62. The Labute approximate surface area is 753 Å². The number of amides is 3. The first-order chi connectivity index (χ1) is 61.6. The van der Waals surface area contributed by atoms with Crippen LogP contribution < -0.4 is 16.0 Å². The minimum Gasteiger partial charge on any atom is -0.477 e. The zero-order valence-corrected chi connectivity index (χ0v) is 75.2. The number of ether oxygens (including phenoxy) is 12. The maximum absolute atomic E-state index is 14.4. The van der Waals surface area contributed by atoms with Crippen LogP contribution in [0.3, 0.4) is 0 Å². The lowest BCUT2D eigenvalue weighted by atomic mass is 9.86. The number of carboxylic acids is 2. The highest BCUT2D eigenvalue weighted by atomic mass is 16.8. The van der Waals surface area contributed by atoms with Gasteiger partial charge in [-0.25, -0.2) is 9.59 Å². The Morgan fingerprint density at radius 2 is 0.860 bits per heavy atom. The van der Waals surface area contributed by atoms with Crippen molar-refractivity contribution in [3.05, 3.63) is 12.2 Å². The first kappa shape index (κ1) is 113. The van der Waals surface area contributed by atoms with Gasteiger partial charge in [-0.1, -0.05) is 193 Å². The summed E-state index contributed by atoms with van der Waals surface area (Å²) in [6.07, 6.45) is -29.5. The van der Waals surface area contributed by atoms with Gasteiger partial charge in [0, 0.05) is 45.4 Å². The number of nitrogens with one attached hydrogen (secondary N) is 3. The Kier molecular flexibility index (Phi) is 51.1. The van der Waals surface area contributed by atoms with E-state index in [1.54, 1.807) is 6.08 Å². The van der Waals surface area contributed by atoms with Crippen LogP contribution in [0.2, 0.25) is 0 Å². The van der Waals surface area contributed by atoms with Gasteiger partial charge >= 0.3 is 11.9 Å². The van der Waals surface area contributed by atoms with E-state index < -0.39 is 308 Å². The molecule has 0 bridgehead atoms. The molecule has 42 heteroatoms. The molecule has 0 aromatic rings. The predicted molar refractivity (Wildman–Crippen MR) is 450 cm³/mol. The molecule has 3 amide bonds. The number of aliphatic hydroxyl groups excluding tert-OH is 19. The molecule has 6 heterocycles. The summed E-state index contributed by atoms with van der Waals surface area (Å²) in [5.41, 5.74) is 0. The number of carboxylic acid groups (broad SMARTS) is 2. The maximum atomic E-state index is 14.4. The van der Waals surface area contributed by atoms with Crippen molar-refractivity contribution in [1.82, 2.24) is 16.0 Å². The number of carbonyl (C=O) groups excluding carboxylic acids is 4. The second kappa shape index (κ2) is 58.2. The third kappa shape index (κ3) is 33.7. The van der Waals surface area contributed by atoms with Crippen LogP contribution in [-0.4, -0.2) is 390 Å². The SMILES string of the molecule is CCCCCCCCCCCCCC=CC(O)C(COC1OC(CO)C(OC2OC(CO)C(OC3OC(CO)C(O)C(OC4OC(CO)C(O)C(O)C4O)C3CC(C)=O)C(OC3(C(=O)O)CC(O)C(NC(C)=O)C(C(O)C(CO)OC4(C(=O)O)CC(O)C(NC(C)=O)C(C(O)C(O)CO)O4)O3)C2O)C(O)C1O)NC(=O)CCCCCCCCCCCCCCCCCCC. The van der Waals surface area contributed by atoms with E-state index in [0.29, 0.717) is 12.8 Å². The Hall–Kier alpha value is -4.48. The zero-order chi connectivity index (χ0) is 95.2. The molecule has 6 saturated heterocycles. The van der Waals surface area contributed by atoms with Gasteiger partial charge in [-0.3, -0.25) is 14.4 Å². The summed E-state index contributed by atoms with van der Waals surface area (Å²) < 4.78 is 72.5. The lowest BCUT2D eigenvalue weighted by molar-refractivity contribution is -0.407. The van der Waals surface area contributed by atoms with E-state index in [1.165, 1.54) is 115 Å². The van der Waals surface area contributed by atoms with Gasteiger partial charge in [0.25, 0.3) is 11.6 Å². The van der Waals surface area contributed by atoms with Crippen LogP contribution in [0.15, 0.2) is 12.2 Å². The monoisotopic (exact) mass is 1860 g/mol. The molecule has 0 saturated carbocycles. The molecular formula is C87H153N3O39. The number of aliphatic carboxylic acids is 2. The third-order valence-corrected chi connectivity index (χ3v) is 24.9. The number of aliphatic hydroxyl groups is 19. The summed E-state index contributed by atoms with van der Waals surface area (Å²) in [7, 11) is 0. The number of hydrogen-bond donors (Lipinski definition) is 24. The Morgan fingerprint density at radius 1 is 0.442 bits per heavy atom. The molecule has 34 unspecified atom stereocenters. The number of ketones is 1. The molecule has 24 N–H and O–H groups in total. The van der Waals surface area contributed by atoms with Gasteiger partial charge in [0.15, 0.2) is 25.2 Å². The predicted octanol–water partition coefficient (Wildman–Crippen LogP) is -2.00. The standard InChI is InChI=1S/C87H153N3O39/c1-6-8-10-12-14-16-18-20-21-22-23-25-27-29-31-33-35-37-62(104)90-52(53(100)36-34-32-30-28-26-24-19-17-15-13-11-9-7-2)47-118-81-72(112)70(110)75(60(45-95)121-81)124-83-73(113)79(76(61(46-96)122-83)125-80-51(38-48(3)97)74(67(107)58(43-93)119-80)123-82-71(111)69(109)66(106)57(42-92)120-82)129-87(85(116)117)40-55(102)64(89-50(5)99)78(128-87)68(108)59(44-94)126-86(84(114)115)39-54(101)63(88-49(4)98)77(127-86)65(105)56(103)41-91/h34,36,51-61,63-83,91-96,100-103,105-113H,6-33,35,37-47H2,1-5H3,(H,88,98)(H,89,99)(H,90,104)(H,114,115)(H,116,117). The van der Waals surface area contributed by atoms with Crippen LogP contribution >= 0.6 is 0 Å². The Morgan fingerprint density at radius 3 is 1.34 bits per heavy atom. The molecule has 34 atom stereocenters. The van der Waals surface area contributed by atoms with E-state index in [9.17, 15) is 136 Å². The highest BCUT2D eigenvalue weighted by molar-refractivity contribution is 5.78. The molecule has 750 valence electrons. The molecule has 6 aliphatic heterocycles. The summed E-state index contributed by atoms with van der Waals surface area (Å²) in [5, 5.41) is 245. The van der Waals surface area contributed by atoms with Crippen molar-refractivity contribution in [2.24, 2.45) is 5.92 Å². The van der Waals surface area contributed by atoms with Crippen LogP contribution in [0.4, 0.5) is 0 Å². The fourth-order valence-corrected chi connectivity index (χ4v) is 17.5. The van der Waals surface area contributed by atoms with Crippen LogP contribution in [0.1, 0.15) is 247 Å². The minimum atomic E-state index is -3.68. The van der Waals surface area contributed by atoms with E-state index >= 15 is 0 Å². The molecule has 0 aromatic heterocycles. The van der Waals surface area contributed by atoms with Crippen LogP contribution in [0.5, 0.6) is 0 Å². The molecule has 129 heavy (non-hydrogen) atoms. The minimum absolute atomic E-state index is 0.0888. The van der Waals surface area contributed by atoms with Crippen molar-refractivity contribution in [2.75, 3.05) is 46.2 Å². The van der Waals surface area contributed by atoms with Crippen molar-refractivity contribution in [3.63, 3.8) is 0 Å². The van der Waals surface area contributed by atoms with Gasteiger partial charge in [0.2, 0.25) is 17.7 Å². The third-order valence-electron chi connectivity index (χ3n) is 24.9. The van der Waals surface area contributed by atoms with Crippen molar-refractivity contribution in [3.8, 4) is 0 Å². The Balaban J connectivity index is 1.32. The maximum Gasteiger partial charge on any atom is 0.364 e. The van der Waals surface area contributed by atoms with Crippen molar-refractivity contribution in [1.29, 1.82) is 0 Å². The fourth-order valence-electron chi connectivity index (χ4n) is 17.5. The molecule has 42 nitrogen and oxygen atoms in total. The van der Waals surface area contributed by atoms with E-state index in [0.717, 1.165) is 85.0 Å². The number of Topliss-reactive ketones (excluding diaryl/α,β-unsaturated/α-hetero) is 1. The lowest BCUT2D eigenvalue weighted by Gasteiger charge is -2.53. The quantitative estimate of drug-likeness (QED) is 0.0231. The fraction of sp³-hybridized carbons (Fsp3) is 0.908. The first-order valence-corrected chi connectivity index (χ1v) is 46.4. The largest absolute Gasteiger partial charge is 0.477 e. The van der Waals surface area contributed by atoms with Crippen LogP contribution in [0, 0.1) is 5.92 Å². The highest BCUT2D eigenvalue weighted by Crippen LogP contribution is 2.44. The molecule has 6 aliphatic rings. The van der Waals surface area contributed by atoms with Gasteiger partial charge in [0.05, 0.1) is 88.8 Å². The van der Waals surface area contributed by atoms with Gasteiger partial charge in [-0.15, -0.1) is 0 Å². The molecule has 0 aliphatic carbocycles. The number of allylic oxidation sites excluding steroid dienone is 1. The second-order valence-electron chi connectivity index (χ2n) is 35.3. The number of hydrogen-bond acceptors (Lipinski definition) is 37. The zero-order valence-electron chi connectivity index (χ0n) is 75.2. The van der Waals surface area contributed by atoms with E-state index in [4.69, 9.17) is 56.8 Å². The van der Waals surface area contributed by atoms with E-state index in [-0.39, 0.29) is 6.42 Å². The Bertz CT molecular complexity index is 3230. The van der Waals surface area contributed by atoms with Crippen LogP contribution in [0.25, 0.3) is 0 Å². The van der Waals surface area contributed by atoms with Crippen molar-refractivity contribution < 1.29 is 193 Å². The van der Waals surface area contributed by atoms with Gasteiger partial charge in [0.1, 0.15) is 128 Å². The van der Waals surface area contributed by atoms with Gasteiger partial charge in [-0.05, 0) is 26.2 Å². The molecular weight excluding hydrogens is 1710 g/mol. The normalized spacial score (nSPS) is 34.8. The van der Waals surface area contributed by atoms with Crippen molar-refractivity contribution >= 4 is 35.4 Å². The average molecular weight is 1870 g/mol. The molecule has 0 aromatic carbocycles. The van der Waals surface area contributed by atoms with Crippen molar-refractivity contribution in [2.45, 2.75) is 448 Å². The summed E-state index contributed by atoms with van der Waals surface area (Å²) in [4.78, 5) is 80.5. The van der Waals surface area contributed by atoms with Gasteiger partial charge < -0.3 is 185 Å². The first-order valence-electron chi connectivity index (χ1n) is 46.4. The molecule has 6 fully saturated rings. The van der Waals surface area contributed by atoms with E-state index in [1.807, 2.05) is 0 Å². The summed E-state index contributed by atoms with van der Waals surface area (Å²) in [5.74, 6) is -16.5. The lowest BCUT2D eigenvalue weighted by Crippen LogP contribution is -2.72. The average Bonchev–Trinajstić information content (AvgIpc) is 0.745.